The summed E-state index contributed by atoms with van der Waals surface area (Å²) in [6, 6.07) is 0. The summed E-state index contributed by atoms with van der Waals surface area (Å²) in [5, 5.41) is 131. The predicted molar refractivity (Wildman–Crippen MR) is 133 cm³/mol. The normalized spacial score (nSPS) is 51.9. The molecule has 20 nitrogen and oxygen atoms in total. The third-order valence-corrected chi connectivity index (χ3v) is 8.16. The van der Waals surface area contributed by atoms with Crippen molar-refractivity contribution >= 4 is 0 Å². The van der Waals surface area contributed by atoms with Crippen LogP contribution in [0.25, 0.3) is 0 Å². The van der Waals surface area contributed by atoms with Crippen molar-refractivity contribution in [2.45, 2.75) is 117 Å². The van der Waals surface area contributed by atoms with Crippen molar-refractivity contribution in [3.8, 4) is 0 Å². The van der Waals surface area contributed by atoms with E-state index in [1.54, 1.807) is 0 Å². The van der Waals surface area contributed by atoms with E-state index >= 15 is 0 Å². The average Bonchev–Trinajstić information content (AvgIpc) is 3.31. The highest BCUT2D eigenvalue weighted by Gasteiger charge is 2.53. The monoisotopic (exact) mass is 650 g/mol. The second-order valence-corrected chi connectivity index (χ2v) is 11.0. The molecule has 258 valence electrons. The lowest BCUT2D eigenvalue weighted by atomic mass is 9.96. The van der Waals surface area contributed by atoms with E-state index in [1.807, 2.05) is 0 Å². The van der Waals surface area contributed by atoms with Gasteiger partial charge in [-0.15, -0.1) is 0 Å². The van der Waals surface area contributed by atoms with E-state index in [-0.39, 0.29) is 0 Å². The smallest absolute Gasteiger partial charge is 0.187 e. The first-order chi connectivity index (χ1) is 20.9. The molecule has 4 aliphatic rings. The standard InChI is InChI=1S/C24H42O20/c25-1-6-11(29)14(32)17(35)23(41-6)44-20-10(39-7(2-26)12(20)30)5-38-21-13(31)8(3-27)42-24(18(21)36)43-19-9(4-28)40-22(37)16(34)15(19)33/h6-37H,1-5H2. The van der Waals surface area contributed by atoms with Gasteiger partial charge in [0.15, 0.2) is 18.9 Å². The van der Waals surface area contributed by atoms with Gasteiger partial charge in [0.1, 0.15) is 97.7 Å². The van der Waals surface area contributed by atoms with Crippen LogP contribution in [-0.4, -0.2) is 216 Å². The maximum atomic E-state index is 11.0. The molecular weight excluding hydrogens is 608 g/mol. The lowest BCUT2D eigenvalue weighted by Crippen LogP contribution is -2.65. The van der Waals surface area contributed by atoms with Gasteiger partial charge < -0.3 is 99.5 Å². The van der Waals surface area contributed by atoms with Crippen molar-refractivity contribution < 1.29 is 99.5 Å². The van der Waals surface area contributed by atoms with Crippen LogP contribution in [0, 0.1) is 0 Å². The van der Waals surface area contributed by atoms with Crippen LogP contribution in [0.5, 0.6) is 0 Å². The topological polar surface area (TPSA) is 328 Å². The van der Waals surface area contributed by atoms with Gasteiger partial charge in [-0.3, -0.25) is 0 Å². The summed E-state index contributed by atoms with van der Waals surface area (Å²) >= 11 is 0. The molecule has 19 unspecified atom stereocenters. The fourth-order valence-corrected chi connectivity index (χ4v) is 5.56. The van der Waals surface area contributed by atoms with Crippen LogP contribution < -0.4 is 0 Å². The van der Waals surface area contributed by atoms with Crippen LogP contribution in [0.2, 0.25) is 0 Å². The summed E-state index contributed by atoms with van der Waals surface area (Å²) in [7, 11) is 0. The van der Waals surface area contributed by atoms with Crippen LogP contribution in [0.15, 0.2) is 0 Å². The molecule has 0 aromatic carbocycles. The lowest BCUT2D eigenvalue weighted by molar-refractivity contribution is -0.359. The Bertz CT molecular complexity index is 883. The summed E-state index contributed by atoms with van der Waals surface area (Å²) in [5.41, 5.74) is 0. The lowest BCUT2D eigenvalue weighted by Gasteiger charge is -2.46. The van der Waals surface area contributed by atoms with Crippen LogP contribution in [-0.2, 0) is 33.2 Å². The molecule has 20 heteroatoms. The Morgan fingerprint density at radius 1 is 0.386 bits per heavy atom. The zero-order valence-electron chi connectivity index (χ0n) is 23.2. The molecule has 19 atom stereocenters. The van der Waals surface area contributed by atoms with E-state index in [9.17, 15) is 66.4 Å². The number of hydrogen-bond donors (Lipinski definition) is 13. The van der Waals surface area contributed by atoms with Crippen LogP contribution >= 0.6 is 0 Å². The highest BCUT2D eigenvalue weighted by molar-refractivity contribution is 4.97. The van der Waals surface area contributed by atoms with Gasteiger partial charge in [-0.2, -0.15) is 0 Å². The molecule has 4 rings (SSSR count). The Hall–Kier alpha value is -0.800. The third kappa shape index (κ3) is 7.19. The second-order valence-electron chi connectivity index (χ2n) is 11.0. The quantitative estimate of drug-likeness (QED) is 0.0987. The minimum atomic E-state index is -1.87. The largest absolute Gasteiger partial charge is 0.394 e. The fourth-order valence-electron chi connectivity index (χ4n) is 5.56. The average molecular weight is 651 g/mol. The summed E-state index contributed by atoms with van der Waals surface area (Å²) in [6.45, 7) is -3.63. The zero-order chi connectivity index (χ0) is 32.5. The van der Waals surface area contributed by atoms with Gasteiger partial charge in [0.05, 0.1) is 33.0 Å². The molecule has 0 saturated carbocycles. The van der Waals surface area contributed by atoms with E-state index in [0.717, 1.165) is 0 Å². The number of aliphatic hydroxyl groups is 13. The Morgan fingerprint density at radius 2 is 0.864 bits per heavy atom. The molecule has 4 heterocycles. The minimum absolute atomic E-state index is 0.585. The van der Waals surface area contributed by atoms with Crippen molar-refractivity contribution in [1.29, 1.82) is 0 Å². The molecule has 44 heavy (non-hydrogen) atoms. The number of ether oxygens (including phenoxy) is 7. The van der Waals surface area contributed by atoms with Crippen molar-refractivity contribution in [3.05, 3.63) is 0 Å². The van der Waals surface area contributed by atoms with Crippen LogP contribution in [0.3, 0.4) is 0 Å². The molecule has 4 fully saturated rings. The first kappa shape index (κ1) is 36.0. The molecule has 0 aliphatic carbocycles. The number of aliphatic hydroxyl groups excluding tert-OH is 13. The summed E-state index contributed by atoms with van der Waals surface area (Å²) in [5.74, 6) is 0. The minimum Gasteiger partial charge on any atom is -0.394 e. The van der Waals surface area contributed by atoms with Crippen LogP contribution in [0.1, 0.15) is 0 Å². The predicted octanol–water partition coefficient (Wildman–Crippen LogP) is -9.07. The molecule has 0 amide bonds. The Labute approximate surface area is 249 Å². The SMILES string of the molecule is OCC1OC(OC2C(COC3C(O)C(CO)OC(OC4C(CO)OC(O)C(O)C4O)C3O)OC(CO)C2O)C(O)C(O)C1O. The van der Waals surface area contributed by atoms with Crippen molar-refractivity contribution in [2.75, 3.05) is 33.0 Å². The fraction of sp³-hybridized carbons (Fsp3) is 1.00. The highest BCUT2D eigenvalue weighted by Crippen LogP contribution is 2.33. The first-order valence-electron chi connectivity index (χ1n) is 14.0. The summed E-state index contributed by atoms with van der Waals surface area (Å²) in [4.78, 5) is 0. The van der Waals surface area contributed by atoms with Gasteiger partial charge in [0.2, 0.25) is 0 Å². The maximum Gasteiger partial charge on any atom is 0.187 e. The Balaban J connectivity index is 1.47. The van der Waals surface area contributed by atoms with Crippen molar-refractivity contribution in [3.63, 3.8) is 0 Å². The third-order valence-electron chi connectivity index (χ3n) is 8.16. The van der Waals surface area contributed by atoms with E-state index in [1.165, 1.54) is 0 Å². The van der Waals surface area contributed by atoms with Gasteiger partial charge in [-0.1, -0.05) is 0 Å². The molecule has 0 radical (unpaired) electrons. The molecule has 0 aromatic rings. The van der Waals surface area contributed by atoms with Crippen molar-refractivity contribution in [2.24, 2.45) is 0 Å². The molecular formula is C24H42O20. The molecule has 4 saturated heterocycles. The Morgan fingerprint density at radius 3 is 1.43 bits per heavy atom. The van der Waals surface area contributed by atoms with E-state index < -0.39 is 150 Å². The second kappa shape index (κ2) is 15.4. The van der Waals surface area contributed by atoms with E-state index in [0.29, 0.717) is 0 Å². The first-order valence-corrected chi connectivity index (χ1v) is 14.0. The summed E-state index contributed by atoms with van der Waals surface area (Å²) in [6.07, 6.45) is -30.7. The van der Waals surface area contributed by atoms with Crippen LogP contribution in [0.4, 0.5) is 0 Å². The van der Waals surface area contributed by atoms with Gasteiger partial charge >= 0.3 is 0 Å². The van der Waals surface area contributed by atoms with Gasteiger partial charge in [-0.05, 0) is 0 Å². The number of rotatable bonds is 11. The summed E-state index contributed by atoms with van der Waals surface area (Å²) < 4.78 is 38.2. The molecule has 4 aliphatic heterocycles. The highest BCUT2D eigenvalue weighted by atomic mass is 16.7. The van der Waals surface area contributed by atoms with Gasteiger partial charge in [0, 0.05) is 0 Å². The van der Waals surface area contributed by atoms with Crippen molar-refractivity contribution in [1.82, 2.24) is 0 Å². The molecule has 13 N–H and O–H groups in total. The van der Waals surface area contributed by atoms with Gasteiger partial charge in [-0.25, -0.2) is 0 Å². The Kier molecular flexibility index (Phi) is 12.6. The molecule has 0 spiro atoms. The van der Waals surface area contributed by atoms with E-state index in [4.69, 9.17) is 33.2 Å². The van der Waals surface area contributed by atoms with E-state index in [2.05, 4.69) is 0 Å². The molecule has 0 bridgehead atoms. The molecule has 0 aromatic heterocycles. The maximum absolute atomic E-state index is 11.0. The number of hydrogen-bond acceptors (Lipinski definition) is 20. The zero-order valence-corrected chi connectivity index (χ0v) is 23.2. The van der Waals surface area contributed by atoms with Gasteiger partial charge in [0.25, 0.3) is 0 Å².